The van der Waals surface area contributed by atoms with E-state index in [2.05, 4.69) is 15.5 Å². The van der Waals surface area contributed by atoms with E-state index in [0.717, 1.165) is 13.1 Å². The van der Waals surface area contributed by atoms with Gasteiger partial charge in [0, 0.05) is 18.4 Å². The van der Waals surface area contributed by atoms with Crippen LogP contribution in [0.3, 0.4) is 0 Å². The molecule has 8 nitrogen and oxygen atoms in total. The Balaban J connectivity index is 1.67. The van der Waals surface area contributed by atoms with Gasteiger partial charge in [-0.2, -0.15) is 5.10 Å². The minimum atomic E-state index is -0.569. The Labute approximate surface area is 168 Å². The van der Waals surface area contributed by atoms with Crippen molar-refractivity contribution in [2.24, 2.45) is 0 Å². The van der Waals surface area contributed by atoms with Crippen molar-refractivity contribution in [3.63, 3.8) is 0 Å². The number of carbonyl (C=O) groups is 2. The predicted octanol–water partition coefficient (Wildman–Crippen LogP) is 2.52. The number of piperidine rings is 1. The normalized spacial score (nSPS) is 17.7. The van der Waals surface area contributed by atoms with E-state index < -0.39 is 5.60 Å². The number of Topliss-reactive ketones (excluding diaryl/α,β-unsaturated/α-hetero) is 1. The number of nitrogens with zero attached hydrogens (tertiary/aromatic N) is 1. The highest BCUT2D eigenvalue weighted by Gasteiger charge is 2.44. The minimum Gasteiger partial charge on any atom is -0.493 e. The van der Waals surface area contributed by atoms with Crippen molar-refractivity contribution >= 4 is 11.6 Å². The third-order valence-electron chi connectivity index (χ3n) is 5.32. The number of ether oxygens (including phenoxy) is 3. The zero-order chi connectivity index (χ0) is 20.6. The second-order valence-electron chi connectivity index (χ2n) is 7.77. The van der Waals surface area contributed by atoms with Gasteiger partial charge >= 0.3 is 0 Å². The first-order chi connectivity index (χ1) is 13.9. The third kappa shape index (κ3) is 3.60. The Morgan fingerprint density at radius 3 is 2.69 bits per heavy atom. The van der Waals surface area contributed by atoms with E-state index in [1.54, 1.807) is 18.2 Å². The van der Waals surface area contributed by atoms with E-state index in [1.807, 2.05) is 13.8 Å². The summed E-state index contributed by atoms with van der Waals surface area (Å²) >= 11 is 0. The number of H-pyrrole nitrogens is 1. The Bertz CT molecular complexity index is 944. The second kappa shape index (κ2) is 7.51. The topological polar surface area (TPSA) is 103 Å². The molecule has 1 aromatic heterocycles. The molecule has 8 heteroatoms. The zero-order valence-electron chi connectivity index (χ0n) is 16.8. The number of nitrogens with one attached hydrogen (secondary N) is 2. The summed E-state index contributed by atoms with van der Waals surface area (Å²) in [6.07, 6.45) is 1.69. The van der Waals surface area contributed by atoms with Crippen molar-refractivity contribution in [2.75, 3.05) is 20.2 Å². The van der Waals surface area contributed by atoms with Crippen molar-refractivity contribution in [2.45, 2.75) is 44.8 Å². The molecule has 0 radical (unpaired) electrons. The summed E-state index contributed by atoms with van der Waals surface area (Å²) in [7, 11) is 1.53. The average molecular weight is 399 g/mol. The Morgan fingerprint density at radius 1 is 1.24 bits per heavy atom. The first kappa shape index (κ1) is 19.4. The van der Waals surface area contributed by atoms with Crippen molar-refractivity contribution in [1.29, 1.82) is 0 Å². The van der Waals surface area contributed by atoms with Crippen molar-refractivity contribution < 1.29 is 23.8 Å². The first-order valence-corrected chi connectivity index (χ1v) is 9.83. The van der Waals surface area contributed by atoms with Crippen molar-refractivity contribution in [3.8, 4) is 17.2 Å². The predicted molar refractivity (Wildman–Crippen MR) is 105 cm³/mol. The summed E-state index contributed by atoms with van der Waals surface area (Å²) in [5.74, 6) is 0.874. The summed E-state index contributed by atoms with van der Waals surface area (Å²) in [5.41, 5.74) is 0.209. The average Bonchev–Trinajstić information content (AvgIpc) is 3.11. The fourth-order valence-corrected chi connectivity index (χ4v) is 3.87. The van der Waals surface area contributed by atoms with Crippen LogP contribution in [0.2, 0.25) is 0 Å². The lowest BCUT2D eigenvalue weighted by Crippen LogP contribution is -2.49. The molecule has 0 bridgehead atoms. The van der Waals surface area contributed by atoms with Crippen LogP contribution in [-0.4, -0.2) is 53.7 Å². The van der Waals surface area contributed by atoms with Gasteiger partial charge in [0.15, 0.2) is 28.7 Å². The summed E-state index contributed by atoms with van der Waals surface area (Å²) in [6, 6.07) is 4.99. The molecule has 1 spiro atoms. The summed E-state index contributed by atoms with van der Waals surface area (Å²) in [6.45, 7) is 5.39. The molecule has 1 fully saturated rings. The van der Waals surface area contributed by atoms with E-state index in [9.17, 15) is 9.59 Å². The molecule has 1 saturated heterocycles. The number of methoxy groups -OCH3 is 1. The largest absolute Gasteiger partial charge is 0.493 e. The standard InChI is InChI=1S/C21H25N3O5/c1-12(2)28-15-5-4-13(10-16(15)27-3)19(26)18-20-17(23-24-18)14(25)11-21(29-20)6-8-22-9-7-21/h4-5,10,12,22H,6-9,11H2,1-3H3,(H,23,24). The quantitative estimate of drug-likeness (QED) is 0.745. The van der Waals surface area contributed by atoms with Crippen LogP contribution in [0.1, 0.15) is 59.7 Å². The van der Waals surface area contributed by atoms with Crippen LogP contribution >= 0.6 is 0 Å². The number of carbonyl (C=O) groups excluding carboxylic acids is 2. The summed E-state index contributed by atoms with van der Waals surface area (Å²) < 4.78 is 17.3. The van der Waals surface area contributed by atoms with Crippen LogP contribution in [0.15, 0.2) is 18.2 Å². The zero-order valence-corrected chi connectivity index (χ0v) is 16.8. The lowest BCUT2D eigenvalue weighted by molar-refractivity contribution is 0.0181. The highest BCUT2D eigenvalue weighted by Crippen LogP contribution is 2.40. The van der Waals surface area contributed by atoms with Gasteiger partial charge in [0.2, 0.25) is 5.78 Å². The van der Waals surface area contributed by atoms with Gasteiger partial charge in [-0.25, -0.2) is 0 Å². The van der Waals surface area contributed by atoms with E-state index in [4.69, 9.17) is 14.2 Å². The molecule has 29 heavy (non-hydrogen) atoms. The number of hydrogen-bond donors (Lipinski definition) is 2. The molecule has 0 amide bonds. The molecule has 0 atom stereocenters. The Hall–Kier alpha value is -2.87. The maximum atomic E-state index is 13.2. The molecule has 3 heterocycles. The van der Waals surface area contributed by atoms with Gasteiger partial charge < -0.3 is 19.5 Å². The number of aromatic nitrogens is 2. The highest BCUT2D eigenvalue weighted by atomic mass is 16.5. The summed E-state index contributed by atoms with van der Waals surface area (Å²) in [5, 5.41) is 10.1. The van der Waals surface area contributed by atoms with Crippen LogP contribution in [-0.2, 0) is 0 Å². The number of hydrogen-bond acceptors (Lipinski definition) is 7. The first-order valence-electron chi connectivity index (χ1n) is 9.83. The third-order valence-corrected chi connectivity index (χ3v) is 5.32. The van der Waals surface area contributed by atoms with Gasteiger partial charge in [0.05, 0.1) is 19.6 Å². The molecule has 2 N–H and O–H groups in total. The molecule has 4 rings (SSSR count). The molecule has 2 aromatic rings. The molecule has 0 unspecified atom stereocenters. The lowest BCUT2D eigenvalue weighted by Gasteiger charge is -2.39. The van der Waals surface area contributed by atoms with Gasteiger partial charge in [-0.1, -0.05) is 0 Å². The van der Waals surface area contributed by atoms with E-state index >= 15 is 0 Å². The van der Waals surface area contributed by atoms with Crippen LogP contribution in [0, 0.1) is 0 Å². The fraction of sp³-hybridized carbons (Fsp3) is 0.476. The van der Waals surface area contributed by atoms with Crippen LogP contribution < -0.4 is 19.5 Å². The minimum absolute atomic E-state index is 0.0225. The van der Waals surface area contributed by atoms with Gasteiger partial charge in [0.1, 0.15) is 11.3 Å². The number of benzene rings is 1. The van der Waals surface area contributed by atoms with Gasteiger partial charge in [-0.05, 0) is 45.1 Å². The maximum Gasteiger partial charge on any atom is 0.214 e. The SMILES string of the molecule is COc1cc(C(=O)c2[nH]nc3c2OC2(CCNCC2)CC3=O)ccc1OC(C)C. The lowest BCUT2D eigenvalue weighted by atomic mass is 9.84. The Morgan fingerprint density at radius 2 is 2.00 bits per heavy atom. The van der Waals surface area contributed by atoms with Gasteiger partial charge in [-0.15, -0.1) is 0 Å². The number of aromatic amines is 1. The second-order valence-corrected chi connectivity index (χ2v) is 7.77. The summed E-state index contributed by atoms with van der Waals surface area (Å²) in [4.78, 5) is 25.8. The molecule has 0 saturated carbocycles. The van der Waals surface area contributed by atoms with Gasteiger partial charge in [-0.3, -0.25) is 14.7 Å². The molecular formula is C21H25N3O5. The highest BCUT2D eigenvalue weighted by molar-refractivity contribution is 6.12. The van der Waals surface area contributed by atoms with Crippen LogP contribution in [0.25, 0.3) is 0 Å². The van der Waals surface area contributed by atoms with E-state index in [-0.39, 0.29) is 41.2 Å². The Kier molecular flexibility index (Phi) is 5.04. The smallest absolute Gasteiger partial charge is 0.214 e. The fourth-order valence-electron chi connectivity index (χ4n) is 3.87. The van der Waals surface area contributed by atoms with Crippen LogP contribution in [0.5, 0.6) is 17.2 Å². The molecule has 154 valence electrons. The number of rotatable bonds is 5. The molecule has 2 aliphatic rings. The molecule has 2 aliphatic heterocycles. The van der Waals surface area contributed by atoms with Gasteiger partial charge in [0.25, 0.3) is 0 Å². The molecule has 1 aromatic carbocycles. The maximum absolute atomic E-state index is 13.2. The molecule has 0 aliphatic carbocycles. The van der Waals surface area contributed by atoms with E-state index in [1.165, 1.54) is 7.11 Å². The van der Waals surface area contributed by atoms with E-state index in [0.29, 0.717) is 29.9 Å². The van der Waals surface area contributed by atoms with Crippen molar-refractivity contribution in [3.05, 3.63) is 35.2 Å². The number of ketones is 2. The number of fused-ring (bicyclic) bond motifs is 1. The molecular weight excluding hydrogens is 374 g/mol. The monoisotopic (exact) mass is 399 g/mol. The van der Waals surface area contributed by atoms with Crippen molar-refractivity contribution in [1.82, 2.24) is 15.5 Å². The van der Waals surface area contributed by atoms with Crippen LogP contribution in [0.4, 0.5) is 0 Å².